The second kappa shape index (κ2) is 6.80. The largest absolute Gasteiger partial charge is 0.444 e. The molecular formula is C17H27NO4. The summed E-state index contributed by atoms with van der Waals surface area (Å²) in [5.74, 6) is -0.646. The van der Waals surface area contributed by atoms with Crippen LogP contribution in [-0.2, 0) is 14.3 Å². The van der Waals surface area contributed by atoms with E-state index in [1.807, 2.05) is 20.8 Å². The van der Waals surface area contributed by atoms with Gasteiger partial charge >= 0.3 is 6.09 Å². The third-order valence-corrected chi connectivity index (χ3v) is 4.35. The fraction of sp³-hybridized carbons (Fsp3) is 0.824. The fourth-order valence-corrected chi connectivity index (χ4v) is 3.38. The Morgan fingerprint density at radius 1 is 1.05 bits per heavy atom. The minimum Gasteiger partial charge on any atom is -0.444 e. The van der Waals surface area contributed by atoms with Gasteiger partial charge in [0, 0.05) is 19.4 Å². The molecular weight excluding hydrogens is 282 g/mol. The number of hydrogen-bond donors (Lipinski definition) is 0. The van der Waals surface area contributed by atoms with Crippen LogP contribution in [0.15, 0.2) is 0 Å². The number of carbonyl (C=O) groups is 3. The van der Waals surface area contributed by atoms with Crippen molar-refractivity contribution in [2.75, 3.05) is 6.54 Å². The van der Waals surface area contributed by atoms with Crippen LogP contribution in [0.25, 0.3) is 0 Å². The van der Waals surface area contributed by atoms with Crippen LogP contribution in [0.4, 0.5) is 4.79 Å². The summed E-state index contributed by atoms with van der Waals surface area (Å²) in [6, 6.07) is -0.322. The summed E-state index contributed by atoms with van der Waals surface area (Å²) in [5.41, 5.74) is -0.575. The molecule has 1 atom stereocenters. The Bertz CT molecular complexity index is 436. The predicted octanol–water partition coefficient (Wildman–Crippen LogP) is 3.10. The number of ketones is 2. The molecule has 0 bridgehead atoms. The molecule has 1 heterocycles. The lowest BCUT2D eigenvalue weighted by molar-refractivity contribution is -0.138. The highest BCUT2D eigenvalue weighted by Gasteiger charge is 2.42. The van der Waals surface area contributed by atoms with Gasteiger partial charge in [-0.2, -0.15) is 0 Å². The maximum atomic E-state index is 12.5. The summed E-state index contributed by atoms with van der Waals surface area (Å²) in [6.07, 6.45) is 4.72. The van der Waals surface area contributed by atoms with Crippen molar-refractivity contribution in [2.24, 2.45) is 5.92 Å². The van der Waals surface area contributed by atoms with Crippen LogP contribution in [-0.4, -0.2) is 40.7 Å². The average molecular weight is 309 g/mol. The SMILES string of the molecule is CC(C)(C)OC(=O)N1CCCCCC1C1C(=O)CCCC1=O. The highest BCUT2D eigenvalue weighted by molar-refractivity contribution is 6.05. The number of ether oxygens (including phenoxy) is 1. The molecule has 0 N–H and O–H groups in total. The van der Waals surface area contributed by atoms with Crippen molar-refractivity contribution in [2.45, 2.75) is 77.4 Å². The lowest BCUT2D eigenvalue weighted by Gasteiger charge is -2.36. The van der Waals surface area contributed by atoms with Gasteiger partial charge < -0.3 is 9.64 Å². The van der Waals surface area contributed by atoms with E-state index in [1.165, 1.54) is 0 Å². The molecule has 1 saturated carbocycles. The first kappa shape index (κ1) is 17.0. The molecule has 2 aliphatic rings. The van der Waals surface area contributed by atoms with E-state index in [-0.39, 0.29) is 17.6 Å². The van der Waals surface area contributed by atoms with Crippen molar-refractivity contribution in [1.82, 2.24) is 4.90 Å². The monoisotopic (exact) mass is 309 g/mol. The lowest BCUT2D eigenvalue weighted by Crippen LogP contribution is -2.51. The highest BCUT2D eigenvalue weighted by Crippen LogP contribution is 2.30. The summed E-state index contributed by atoms with van der Waals surface area (Å²) < 4.78 is 5.49. The molecule has 124 valence electrons. The molecule has 1 unspecified atom stereocenters. The van der Waals surface area contributed by atoms with Crippen molar-refractivity contribution in [3.05, 3.63) is 0 Å². The minimum absolute atomic E-state index is 0.00305. The van der Waals surface area contributed by atoms with Gasteiger partial charge in [0.1, 0.15) is 17.2 Å². The fourth-order valence-electron chi connectivity index (χ4n) is 3.38. The quantitative estimate of drug-likeness (QED) is 0.698. The maximum Gasteiger partial charge on any atom is 0.410 e. The molecule has 0 radical (unpaired) electrons. The summed E-state index contributed by atoms with van der Waals surface area (Å²) in [6.45, 7) is 6.05. The first-order valence-electron chi connectivity index (χ1n) is 8.34. The third kappa shape index (κ3) is 4.08. The molecule has 0 aromatic rings. The molecule has 2 rings (SSSR count). The van der Waals surface area contributed by atoms with Gasteiger partial charge in [0.05, 0.1) is 12.0 Å². The summed E-state index contributed by atoms with van der Waals surface area (Å²) in [4.78, 5) is 38.7. The average Bonchev–Trinajstić information content (AvgIpc) is 2.62. The first-order valence-corrected chi connectivity index (χ1v) is 8.34. The third-order valence-electron chi connectivity index (χ3n) is 4.35. The second-order valence-corrected chi connectivity index (χ2v) is 7.35. The van der Waals surface area contributed by atoms with E-state index in [2.05, 4.69) is 0 Å². The normalized spacial score (nSPS) is 25.0. The van der Waals surface area contributed by atoms with Gasteiger partial charge in [-0.3, -0.25) is 9.59 Å². The van der Waals surface area contributed by atoms with Crippen LogP contribution in [0.5, 0.6) is 0 Å². The zero-order valence-electron chi connectivity index (χ0n) is 13.9. The molecule has 1 saturated heterocycles. The predicted molar refractivity (Wildman–Crippen MR) is 82.6 cm³/mol. The summed E-state index contributed by atoms with van der Waals surface area (Å²) in [5, 5.41) is 0. The van der Waals surface area contributed by atoms with E-state index in [4.69, 9.17) is 4.74 Å². The van der Waals surface area contributed by atoms with Crippen molar-refractivity contribution in [3.8, 4) is 0 Å². The van der Waals surface area contributed by atoms with Gasteiger partial charge in [0.25, 0.3) is 0 Å². The van der Waals surface area contributed by atoms with E-state index in [9.17, 15) is 14.4 Å². The smallest absolute Gasteiger partial charge is 0.410 e. The Kier molecular flexibility index (Phi) is 5.24. The molecule has 5 heteroatoms. The number of Topliss-reactive ketones (excluding diaryl/α,β-unsaturated/α-hetero) is 2. The molecule has 0 spiro atoms. The zero-order chi connectivity index (χ0) is 16.3. The van der Waals surface area contributed by atoms with Gasteiger partial charge in [-0.25, -0.2) is 4.79 Å². The maximum absolute atomic E-state index is 12.5. The summed E-state index contributed by atoms with van der Waals surface area (Å²) >= 11 is 0. The minimum atomic E-state index is -0.639. The van der Waals surface area contributed by atoms with Crippen LogP contribution >= 0.6 is 0 Å². The number of nitrogens with zero attached hydrogens (tertiary/aromatic N) is 1. The van der Waals surface area contributed by atoms with Crippen molar-refractivity contribution in [1.29, 1.82) is 0 Å². The molecule has 1 amide bonds. The van der Waals surface area contributed by atoms with E-state index >= 15 is 0 Å². The van der Waals surface area contributed by atoms with E-state index in [1.54, 1.807) is 4.90 Å². The molecule has 0 aromatic carbocycles. The number of likely N-dealkylation sites (tertiary alicyclic amines) is 1. The highest BCUT2D eigenvalue weighted by atomic mass is 16.6. The van der Waals surface area contributed by atoms with Crippen molar-refractivity contribution >= 4 is 17.7 Å². The van der Waals surface area contributed by atoms with E-state index < -0.39 is 17.6 Å². The van der Waals surface area contributed by atoms with Crippen LogP contribution < -0.4 is 0 Å². The van der Waals surface area contributed by atoms with Crippen LogP contribution in [0.3, 0.4) is 0 Å². The van der Waals surface area contributed by atoms with Gasteiger partial charge in [-0.15, -0.1) is 0 Å². The van der Waals surface area contributed by atoms with Gasteiger partial charge in [0.2, 0.25) is 0 Å². The number of amides is 1. The number of carbonyl (C=O) groups excluding carboxylic acids is 3. The topological polar surface area (TPSA) is 63.7 Å². The molecule has 5 nitrogen and oxygen atoms in total. The standard InChI is InChI=1S/C17H27NO4/c1-17(2,3)22-16(21)18-11-6-4-5-8-12(18)15-13(19)9-7-10-14(15)20/h12,15H,4-11H2,1-3H3. The number of hydrogen-bond acceptors (Lipinski definition) is 4. The molecule has 0 aromatic heterocycles. The van der Waals surface area contributed by atoms with Gasteiger partial charge in [-0.05, 0) is 40.0 Å². The lowest BCUT2D eigenvalue weighted by atomic mass is 9.79. The van der Waals surface area contributed by atoms with Gasteiger partial charge in [0.15, 0.2) is 0 Å². The Labute approximate surface area is 132 Å². The van der Waals surface area contributed by atoms with E-state index in [0.717, 1.165) is 19.3 Å². The Morgan fingerprint density at radius 3 is 2.27 bits per heavy atom. The van der Waals surface area contributed by atoms with Gasteiger partial charge in [-0.1, -0.05) is 12.8 Å². The Morgan fingerprint density at radius 2 is 1.68 bits per heavy atom. The zero-order valence-corrected chi connectivity index (χ0v) is 13.9. The second-order valence-electron chi connectivity index (χ2n) is 7.35. The Balaban J connectivity index is 2.21. The number of rotatable bonds is 1. The van der Waals surface area contributed by atoms with Crippen LogP contribution in [0.1, 0.15) is 65.7 Å². The van der Waals surface area contributed by atoms with Crippen molar-refractivity contribution < 1.29 is 19.1 Å². The molecule has 1 aliphatic heterocycles. The molecule has 2 fully saturated rings. The first-order chi connectivity index (χ1) is 10.3. The van der Waals surface area contributed by atoms with E-state index in [0.29, 0.717) is 32.2 Å². The Hall–Kier alpha value is -1.39. The summed E-state index contributed by atoms with van der Waals surface area (Å²) in [7, 11) is 0. The van der Waals surface area contributed by atoms with Crippen molar-refractivity contribution in [3.63, 3.8) is 0 Å². The molecule has 1 aliphatic carbocycles. The van der Waals surface area contributed by atoms with Crippen LogP contribution in [0.2, 0.25) is 0 Å². The van der Waals surface area contributed by atoms with Crippen LogP contribution in [0, 0.1) is 5.92 Å². The molecule has 22 heavy (non-hydrogen) atoms.